The van der Waals surface area contributed by atoms with Gasteiger partial charge in [-0.1, -0.05) is 54.6 Å². The zero-order valence-electron chi connectivity index (χ0n) is 17.6. The SMILES string of the molecule is CN1CCC[C@@H]1c1ccc[n+](CCCCCc2ccc(-c3ccccc3)cc2)c1. The van der Waals surface area contributed by atoms with Crippen molar-refractivity contribution in [3.05, 3.63) is 90.3 Å². The summed E-state index contributed by atoms with van der Waals surface area (Å²) in [5.74, 6) is 0. The van der Waals surface area contributed by atoms with E-state index in [-0.39, 0.29) is 0 Å². The lowest BCUT2D eigenvalue weighted by molar-refractivity contribution is -0.697. The fourth-order valence-electron chi connectivity index (χ4n) is 4.50. The van der Waals surface area contributed by atoms with Crippen LogP contribution in [0, 0.1) is 0 Å². The summed E-state index contributed by atoms with van der Waals surface area (Å²) in [5.41, 5.74) is 5.52. The predicted octanol–water partition coefficient (Wildman–Crippen LogP) is 5.82. The van der Waals surface area contributed by atoms with Crippen molar-refractivity contribution in [1.29, 1.82) is 0 Å². The maximum atomic E-state index is 2.49. The number of pyridine rings is 1. The highest BCUT2D eigenvalue weighted by molar-refractivity contribution is 5.63. The molecule has 0 bridgehead atoms. The van der Waals surface area contributed by atoms with Gasteiger partial charge in [0.2, 0.25) is 0 Å². The Morgan fingerprint density at radius 1 is 0.862 bits per heavy atom. The maximum Gasteiger partial charge on any atom is 0.173 e. The Balaban J connectivity index is 1.21. The number of nitrogens with zero attached hydrogens (tertiary/aromatic N) is 2. The van der Waals surface area contributed by atoms with Crippen molar-refractivity contribution >= 4 is 0 Å². The van der Waals surface area contributed by atoms with Crippen molar-refractivity contribution in [3.8, 4) is 11.1 Å². The van der Waals surface area contributed by atoms with Gasteiger partial charge in [-0.25, -0.2) is 4.57 Å². The van der Waals surface area contributed by atoms with E-state index in [1.807, 2.05) is 0 Å². The molecule has 0 amide bonds. The molecule has 1 atom stereocenters. The highest BCUT2D eigenvalue weighted by atomic mass is 15.1. The lowest BCUT2D eigenvalue weighted by Crippen LogP contribution is -2.34. The highest BCUT2D eigenvalue weighted by Gasteiger charge is 2.24. The van der Waals surface area contributed by atoms with Crippen LogP contribution in [0.3, 0.4) is 0 Å². The third-order valence-electron chi connectivity index (χ3n) is 6.23. The van der Waals surface area contributed by atoms with Gasteiger partial charge in [-0.15, -0.1) is 0 Å². The Kier molecular flexibility index (Phi) is 6.74. The first-order chi connectivity index (χ1) is 14.3. The normalized spacial score (nSPS) is 16.9. The Hall–Kier alpha value is -2.45. The first kappa shape index (κ1) is 19.8. The summed E-state index contributed by atoms with van der Waals surface area (Å²) >= 11 is 0. The largest absolute Gasteiger partial charge is 0.299 e. The predicted molar refractivity (Wildman–Crippen MR) is 121 cm³/mol. The molecular weight excluding hydrogens is 352 g/mol. The van der Waals surface area contributed by atoms with E-state index >= 15 is 0 Å². The summed E-state index contributed by atoms with van der Waals surface area (Å²) in [5, 5.41) is 0. The van der Waals surface area contributed by atoms with Gasteiger partial charge in [-0.2, -0.15) is 0 Å². The number of aromatic nitrogens is 1. The van der Waals surface area contributed by atoms with Gasteiger partial charge >= 0.3 is 0 Å². The standard InChI is InChI=1S/C27H33N2/c1-28-19-9-14-27(28)26-13-8-21-29(22-26)20-7-3-4-10-23-15-17-25(18-16-23)24-11-5-2-6-12-24/h2,5-6,8,11-13,15-18,21-22,27H,3-4,7,9-10,14,19-20H2,1H3/q+1/t27-/m1/s1. The van der Waals surface area contributed by atoms with E-state index in [9.17, 15) is 0 Å². The molecule has 1 fully saturated rings. The van der Waals surface area contributed by atoms with E-state index < -0.39 is 0 Å². The van der Waals surface area contributed by atoms with Crippen LogP contribution in [0.2, 0.25) is 0 Å². The quantitative estimate of drug-likeness (QED) is 0.350. The van der Waals surface area contributed by atoms with Crippen molar-refractivity contribution < 1.29 is 4.57 Å². The summed E-state index contributed by atoms with van der Waals surface area (Å²) < 4.78 is 2.39. The van der Waals surface area contributed by atoms with E-state index in [0.29, 0.717) is 6.04 Å². The minimum atomic E-state index is 0.612. The third kappa shape index (κ3) is 5.33. The number of benzene rings is 2. The third-order valence-corrected chi connectivity index (χ3v) is 6.23. The molecule has 4 rings (SSSR count). The van der Waals surface area contributed by atoms with E-state index in [0.717, 1.165) is 6.54 Å². The summed E-state index contributed by atoms with van der Waals surface area (Å²) in [7, 11) is 2.25. The molecule has 1 aromatic heterocycles. The van der Waals surface area contributed by atoms with Crippen LogP contribution in [-0.2, 0) is 13.0 Å². The first-order valence-electron chi connectivity index (χ1n) is 11.1. The van der Waals surface area contributed by atoms with Gasteiger partial charge in [-0.05, 0) is 68.5 Å². The number of hydrogen-bond acceptors (Lipinski definition) is 1. The number of likely N-dealkylation sites (tertiary alicyclic amines) is 1. The zero-order valence-corrected chi connectivity index (χ0v) is 17.6. The van der Waals surface area contributed by atoms with Crippen LogP contribution >= 0.6 is 0 Å². The van der Waals surface area contributed by atoms with Gasteiger partial charge in [0.15, 0.2) is 12.4 Å². The molecule has 1 aliphatic heterocycles. The number of aryl methyl sites for hydroxylation is 2. The van der Waals surface area contributed by atoms with Gasteiger partial charge < -0.3 is 0 Å². The minimum Gasteiger partial charge on any atom is -0.299 e. The van der Waals surface area contributed by atoms with Gasteiger partial charge in [0.1, 0.15) is 6.54 Å². The fraction of sp³-hybridized carbons (Fsp3) is 0.370. The van der Waals surface area contributed by atoms with Crippen LogP contribution in [0.4, 0.5) is 0 Å². The van der Waals surface area contributed by atoms with Crippen molar-refractivity contribution in [2.75, 3.05) is 13.6 Å². The van der Waals surface area contributed by atoms with Crippen LogP contribution in [0.25, 0.3) is 11.1 Å². The molecule has 3 aromatic rings. The molecule has 1 saturated heterocycles. The molecule has 0 spiro atoms. The highest BCUT2D eigenvalue weighted by Crippen LogP contribution is 2.29. The lowest BCUT2D eigenvalue weighted by Gasteiger charge is -2.18. The number of hydrogen-bond donors (Lipinski definition) is 0. The van der Waals surface area contributed by atoms with Crippen LogP contribution in [0.5, 0.6) is 0 Å². The summed E-state index contributed by atoms with van der Waals surface area (Å²) in [4.78, 5) is 2.49. The molecule has 1 aliphatic rings. The molecule has 2 heteroatoms. The van der Waals surface area contributed by atoms with E-state index in [4.69, 9.17) is 0 Å². The van der Waals surface area contributed by atoms with Crippen molar-refractivity contribution in [1.82, 2.24) is 4.90 Å². The topological polar surface area (TPSA) is 7.12 Å². The molecule has 0 saturated carbocycles. The van der Waals surface area contributed by atoms with Crippen molar-refractivity contribution in [3.63, 3.8) is 0 Å². The molecule has 29 heavy (non-hydrogen) atoms. The smallest absolute Gasteiger partial charge is 0.173 e. The molecular formula is C27H33N2+. The van der Waals surface area contributed by atoms with Crippen molar-refractivity contribution in [2.45, 2.75) is 51.1 Å². The Labute approximate surface area is 175 Å². The second kappa shape index (κ2) is 9.84. The van der Waals surface area contributed by atoms with Gasteiger partial charge in [0.05, 0.1) is 0 Å². The van der Waals surface area contributed by atoms with Crippen LogP contribution in [0.1, 0.15) is 49.3 Å². The fourth-order valence-corrected chi connectivity index (χ4v) is 4.50. The van der Waals surface area contributed by atoms with Crippen LogP contribution < -0.4 is 4.57 Å². The van der Waals surface area contributed by atoms with E-state index in [2.05, 4.69) is 95.6 Å². The average Bonchev–Trinajstić information content (AvgIpc) is 3.21. The summed E-state index contributed by atoms with van der Waals surface area (Å²) in [6, 6.07) is 24.8. The average molecular weight is 386 g/mol. The zero-order chi connectivity index (χ0) is 19.9. The van der Waals surface area contributed by atoms with E-state index in [1.54, 1.807) is 0 Å². The molecule has 0 unspecified atom stereocenters. The Morgan fingerprint density at radius 2 is 1.66 bits per heavy atom. The number of rotatable bonds is 8. The molecule has 0 radical (unpaired) electrons. The maximum absolute atomic E-state index is 2.49. The van der Waals surface area contributed by atoms with Gasteiger partial charge in [0.25, 0.3) is 0 Å². The minimum absolute atomic E-state index is 0.612. The monoisotopic (exact) mass is 385 g/mol. The molecule has 150 valence electrons. The van der Waals surface area contributed by atoms with E-state index in [1.165, 1.54) is 67.3 Å². The van der Waals surface area contributed by atoms with Crippen molar-refractivity contribution in [2.24, 2.45) is 0 Å². The van der Waals surface area contributed by atoms with Crippen LogP contribution in [0.15, 0.2) is 79.1 Å². The lowest BCUT2D eigenvalue weighted by atomic mass is 10.0. The summed E-state index contributed by atoms with van der Waals surface area (Å²) in [6.45, 7) is 2.35. The summed E-state index contributed by atoms with van der Waals surface area (Å²) in [6.07, 6.45) is 12.2. The Morgan fingerprint density at radius 3 is 2.41 bits per heavy atom. The molecule has 0 N–H and O–H groups in total. The number of unbranched alkanes of at least 4 members (excludes halogenated alkanes) is 2. The van der Waals surface area contributed by atoms with Gasteiger partial charge in [0, 0.05) is 24.1 Å². The molecule has 2 aromatic carbocycles. The second-order valence-electron chi connectivity index (χ2n) is 8.39. The molecule has 2 heterocycles. The molecule has 0 aliphatic carbocycles. The van der Waals surface area contributed by atoms with Gasteiger partial charge in [-0.3, -0.25) is 4.90 Å². The van der Waals surface area contributed by atoms with Crippen LogP contribution in [-0.4, -0.2) is 18.5 Å². The Bertz CT molecular complexity index is 886. The first-order valence-corrected chi connectivity index (χ1v) is 11.1. The second-order valence-corrected chi connectivity index (χ2v) is 8.39. The molecule has 2 nitrogen and oxygen atoms in total.